The fourth-order valence-corrected chi connectivity index (χ4v) is 4.88. The Hall–Kier alpha value is -4.99. The fourth-order valence-electron chi connectivity index (χ4n) is 4.88. The van der Waals surface area contributed by atoms with Crippen LogP contribution in [0.5, 0.6) is 11.5 Å². The molecule has 0 aliphatic carbocycles. The Kier molecular flexibility index (Phi) is 7.35. The number of anilines is 2. The van der Waals surface area contributed by atoms with Crippen molar-refractivity contribution in [2.24, 2.45) is 0 Å². The summed E-state index contributed by atoms with van der Waals surface area (Å²) in [4.78, 5) is 32.6. The van der Waals surface area contributed by atoms with Gasteiger partial charge in [0.25, 0.3) is 0 Å². The van der Waals surface area contributed by atoms with Gasteiger partial charge in [-0.3, -0.25) is 14.8 Å². The fraction of sp³-hybridized carbons (Fsp3) is 0.207. The Morgan fingerprint density at radius 1 is 1.10 bits per heavy atom. The van der Waals surface area contributed by atoms with E-state index in [9.17, 15) is 4.79 Å². The van der Waals surface area contributed by atoms with Crippen LogP contribution in [0.15, 0.2) is 73.5 Å². The average Bonchev–Trinajstić information content (AvgIpc) is 2.96. The van der Waals surface area contributed by atoms with Gasteiger partial charge in [-0.25, -0.2) is 4.98 Å². The number of ether oxygens (including phenoxy) is 2. The second-order valence-electron chi connectivity index (χ2n) is 9.09. The number of nitrogens with zero attached hydrogens (tertiary/aromatic N) is 5. The summed E-state index contributed by atoms with van der Waals surface area (Å²) in [5.74, 6) is 0.943. The van der Waals surface area contributed by atoms with E-state index < -0.39 is 0 Å². The summed E-state index contributed by atoms with van der Waals surface area (Å²) in [6.45, 7) is 0.721. The summed E-state index contributed by atoms with van der Waals surface area (Å²) in [5, 5.41) is 0. The molecule has 0 saturated heterocycles. The minimum absolute atomic E-state index is 0.102. The summed E-state index contributed by atoms with van der Waals surface area (Å²) in [6, 6.07) is 11.7. The van der Waals surface area contributed by atoms with Gasteiger partial charge in [-0.05, 0) is 35.2 Å². The van der Waals surface area contributed by atoms with E-state index in [0.29, 0.717) is 29.0 Å². The molecule has 39 heavy (non-hydrogen) atoms. The first-order valence-electron chi connectivity index (χ1n) is 12.4. The first-order chi connectivity index (χ1) is 19.0. The molecular weight excluding hydrogens is 494 g/mol. The minimum Gasteiger partial charge on any atom is -0.493 e. The molecule has 10 heteroatoms. The predicted octanol–water partition coefficient (Wildman–Crippen LogP) is 3.38. The van der Waals surface area contributed by atoms with Crippen molar-refractivity contribution < 1.29 is 14.3 Å². The maximum absolute atomic E-state index is 13.6. The van der Waals surface area contributed by atoms with Crippen LogP contribution < -0.4 is 20.9 Å². The molecule has 0 bridgehead atoms. The first kappa shape index (κ1) is 25.7. The van der Waals surface area contributed by atoms with Crippen LogP contribution in [0.4, 0.5) is 11.8 Å². The number of ketones is 1. The Morgan fingerprint density at radius 3 is 2.69 bits per heavy atom. The minimum atomic E-state index is -0.231. The highest BCUT2D eigenvalue weighted by atomic mass is 16.5. The molecule has 2 aromatic heterocycles. The van der Waals surface area contributed by atoms with E-state index in [1.807, 2.05) is 18.3 Å². The average molecular weight is 524 g/mol. The smallest absolute Gasteiger partial charge is 0.221 e. The van der Waals surface area contributed by atoms with Gasteiger partial charge in [0.15, 0.2) is 17.3 Å². The van der Waals surface area contributed by atoms with E-state index in [1.165, 1.54) is 19.8 Å². The van der Waals surface area contributed by atoms with Gasteiger partial charge in [-0.15, -0.1) is 0 Å². The summed E-state index contributed by atoms with van der Waals surface area (Å²) >= 11 is 0. The third-order valence-corrected chi connectivity index (χ3v) is 6.72. The van der Waals surface area contributed by atoms with Crippen LogP contribution in [0.25, 0.3) is 0 Å². The molecule has 3 heterocycles. The lowest BCUT2D eigenvalue weighted by molar-refractivity contribution is 0.104. The molecule has 10 nitrogen and oxygen atoms in total. The van der Waals surface area contributed by atoms with E-state index in [1.54, 1.807) is 43.0 Å². The topological polar surface area (TPSA) is 142 Å². The van der Waals surface area contributed by atoms with Crippen molar-refractivity contribution >= 4 is 17.5 Å². The number of rotatable bonds is 8. The Morgan fingerprint density at radius 2 is 1.95 bits per heavy atom. The number of carbonyl (C=O) groups is 1. The van der Waals surface area contributed by atoms with Gasteiger partial charge >= 0.3 is 0 Å². The Balaban J connectivity index is 1.48. The molecule has 1 atom stereocenters. The number of hydrogen-bond donors (Lipinski definition) is 2. The molecule has 198 valence electrons. The first-order valence-corrected chi connectivity index (χ1v) is 12.4. The van der Waals surface area contributed by atoms with E-state index >= 15 is 0 Å². The molecule has 0 spiro atoms. The molecule has 0 saturated carbocycles. The number of methoxy groups -OCH3 is 2. The third kappa shape index (κ3) is 5.35. The second kappa shape index (κ2) is 11.2. The van der Waals surface area contributed by atoms with Crippen LogP contribution in [0.2, 0.25) is 0 Å². The number of benzene rings is 2. The molecule has 4 aromatic rings. The standard InChI is InChI=1S/C29H29N7O3/c1-38-25-15-18(13-20-16-34-29(31)35-28(20)30)14-22(27(25)39-2)24(37)8-12-36-11-7-19-5-3-4-6-21(19)26(36)23-17-32-9-10-33-23/h3-6,8-10,12,14-17,26H,7,11,13H2,1-2H3,(H4,30,31,34,35). The van der Waals surface area contributed by atoms with Gasteiger partial charge in [-0.2, -0.15) is 4.98 Å². The van der Waals surface area contributed by atoms with Crippen molar-refractivity contribution in [1.29, 1.82) is 0 Å². The molecule has 0 amide bonds. The molecule has 2 aromatic carbocycles. The molecular formula is C29H29N7O3. The van der Waals surface area contributed by atoms with Crippen LogP contribution in [0, 0.1) is 0 Å². The monoisotopic (exact) mass is 523 g/mol. The lowest BCUT2D eigenvalue weighted by atomic mass is 9.91. The maximum Gasteiger partial charge on any atom is 0.221 e. The van der Waals surface area contributed by atoms with Gasteiger partial charge in [0.05, 0.1) is 37.7 Å². The zero-order valence-electron chi connectivity index (χ0n) is 21.7. The zero-order valence-corrected chi connectivity index (χ0v) is 21.7. The Bertz CT molecular complexity index is 1530. The number of allylic oxidation sites excluding steroid dienone is 1. The highest BCUT2D eigenvalue weighted by molar-refractivity contribution is 6.07. The normalized spacial score (nSPS) is 14.7. The van der Waals surface area contributed by atoms with Crippen molar-refractivity contribution in [3.63, 3.8) is 0 Å². The van der Waals surface area contributed by atoms with Crippen LogP contribution in [-0.4, -0.2) is 51.4 Å². The molecule has 1 aliphatic rings. The largest absolute Gasteiger partial charge is 0.493 e. The quantitative estimate of drug-likeness (QED) is 0.261. The van der Waals surface area contributed by atoms with Crippen molar-refractivity contribution in [2.45, 2.75) is 18.9 Å². The lowest BCUT2D eigenvalue weighted by Crippen LogP contribution is -2.32. The predicted molar refractivity (Wildman–Crippen MR) is 147 cm³/mol. The van der Waals surface area contributed by atoms with Crippen molar-refractivity contribution in [3.05, 3.63) is 107 Å². The van der Waals surface area contributed by atoms with Crippen molar-refractivity contribution in [3.8, 4) is 11.5 Å². The summed E-state index contributed by atoms with van der Waals surface area (Å²) < 4.78 is 11.1. The molecule has 5 rings (SSSR count). The molecule has 0 fully saturated rings. The Labute approximate surface area is 226 Å². The lowest BCUT2D eigenvalue weighted by Gasteiger charge is -2.36. The number of carbonyl (C=O) groups excluding carboxylic acids is 1. The van der Waals surface area contributed by atoms with Crippen LogP contribution in [0.1, 0.15) is 44.3 Å². The summed E-state index contributed by atoms with van der Waals surface area (Å²) in [5.41, 5.74) is 16.7. The number of aromatic nitrogens is 4. The highest BCUT2D eigenvalue weighted by Gasteiger charge is 2.28. The van der Waals surface area contributed by atoms with Gasteiger partial charge in [0.2, 0.25) is 5.95 Å². The second-order valence-corrected chi connectivity index (χ2v) is 9.09. The summed E-state index contributed by atoms with van der Waals surface area (Å²) in [6.07, 6.45) is 11.3. The van der Waals surface area contributed by atoms with Gasteiger partial charge in [-0.1, -0.05) is 24.3 Å². The van der Waals surface area contributed by atoms with Gasteiger partial charge in [0, 0.05) is 49.4 Å². The SMILES string of the molecule is COc1cc(Cc2cnc(N)nc2N)cc(C(=O)C=CN2CCc3ccccc3C2c2cnccn2)c1OC. The number of hydrogen-bond acceptors (Lipinski definition) is 10. The molecule has 1 unspecified atom stereocenters. The molecule has 4 N–H and O–H groups in total. The van der Waals surface area contributed by atoms with E-state index in [-0.39, 0.29) is 23.6 Å². The van der Waals surface area contributed by atoms with E-state index in [2.05, 4.69) is 37.0 Å². The molecule has 0 radical (unpaired) electrons. The third-order valence-electron chi connectivity index (χ3n) is 6.72. The highest BCUT2D eigenvalue weighted by Crippen LogP contribution is 2.36. The molecule has 1 aliphatic heterocycles. The van der Waals surface area contributed by atoms with Crippen molar-refractivity contribution in [1.82, 2.24) is 24.8 Å². The van der Waals surface area contributed by atoms with Crippen LogP contribution in [0.3, 0.4) is 0 Å². The van der Waals surface area contributed by atoms with Gasteiger partial charge in [0.1, 0.15) is 5.82 Å². The number of nitrogens with two attached hydrogens (primary N) is 2. The van der Waals surface area contributed by atoms with Crippen LogP contribution >= 0.6 is 0 Å². The number of nitrogen functional groups attached to an aromatic ring is 2. The van der Waals surface area contributed by atoms with Crippen molar-refractivity contribution in [2.75, 3.05) is 32.2 Å². The van der Waals surface area contributed by atoms with Gasteiger partial charge < -0.3 is 25.8 Å². The zero-order chi connectivity index (χ0) is 27.4. The number of fused-ring (bicyclic) bond motifs is 1. The maximum atomic E-state index is 13.6. The van der Waals surface area contributed by atoms with E-state index in [4.69, 9.17) is 20.9 Å². The summed E-state index contributed by atoms with van der Waals surface area (Å²) in [7, 11) is 3.04. The van der Waals surface area contributed by atoms with E-state index in [0.717, 1.165) is 29.8 Å². The van der Waals surface area contributed by atoms with Crippen LogP contribution in [-0.2, 0) is 12.8 Å².